The smallest absolute Gasteiger partial charge is 0.410 e. The van der Waals surface area contributed by atoms with Crippen molar-refractivity contribution in [2.45, 2.75) is 36.5 Å². The van der Waals surface area contributed by atoms with E-state index in [0.29, 0.717) is 5.75 Å². The van der Waals surface area contributed by atoms with Gasteiger partial charge in [-0.2, -0.15) is 0 Å². The van der Waals surface area contributed by atoms with Crippen LogP contribution in [-0.4, -0.2) is 17.7 Å². The Balaban J connectivity index is 1.54. The molecular formula is C26H19NO3. The van der Waals surface area contributed by atoms with E-state index < -0.39 is 23.3 Å². The van der Waals surface area contributed by atoms with Crippen molar-refractivity contribution >= 4 is 11.8 Å². The van der Waals surface area contributed by atoms with Gasteiger partial charge in [0.15, 0.2) is 0 Å². The van der Waals surface area contributed by atoms with E-state index in [-0.39, 0.29) is 5.92 Å². The Kier molecular flexibility index (Phi) is 3.63. The number of hydrogen-bond donors (Lipinski definition) is 0. The minimum atomic E-state index is -0.549. The summed E-state index contributed by atoms with van der Waals surface area (Å²) in [6.07, 6.45) is 5.90. The highest BCUT2D eigenvalue weighted by Crippen LogP contribution is 2.72. The third-order valence-electron chi connectivity index (χ3n) is 6.60. The molecule has 0 radical (unpaired) electrons. The van der Waals surface area contributed by atoms with E-state index in [1.54, 1.807) is 29.2 Å². The highest BCUT2D eigenvalue weighted by Gasteiger charge is 2.81. The molecule has 6 rings (SSSR count). The number of amides is 1. The first-order valence-corrected chi connectivity index (χ1v) is 10.3. The summed E-state index contributed by atoms with van der Waals surface area (Å²) in [5, 5.41) is 0. The summed E-state index contributed by atoms with van der Waals surface area (Å²) >= 11 is 0. The first kappa shape index (κ1) is 17.4. The van der Waals surface area contributed by atoms with E-state index in [2.05, 4.69) is 29.7 Å². The first-order valence-electron chi connectivity index (χ1n) is 10.3. The van der Waals surface area contributed by atoms with Crippen molar-refractivity contribution in [1.29, 1.82) is 0 Å². The van der Waals surface area contributed by atoms with Crippen LogP contribution in [0.1, 0.15) is 24.8 Å². The number of hydrogen-bond acceptors (Lipinski definition) is 3. The molecule has 2 aromatic carbocycles. The van der Waals surface area contributed by atoms with Crippen LogP contribution in [0.2, 0.25) is 0 Å². The fourth-order valence-corrected chi connectivity index (χ4v) is 5.40. The second kappa shape index (κ2) is 6.26. The monoisotopic (exact) mass is 393 g/mol. The number of nitrogens with zero attached hydrogens (tertiary/aromatic N) is 1. The summed E-state index contributed by atoms with van der Waals surface area (Å²) in [6.45, 7) is 0. The van der Waals surface area contributed by atoms with Crippen LogP contribution in [0.15, 0.2) is 66.7 Å². The lowest BCUT2D eigenvalue weighted by Crippen LogP contribution is -2.57. The topological polar surface area (TPSA) is 42.1 Å². The van der Waals surface area contributed by atoms with Crippen LogP contribution >= 0.6 is 0 Å². The largest absolute Gasteiger partial charge is 0.420 e. The van der Waals surface area contributed by atoms with Crippen LogP contribution in [-0.2, 0) is 10.3 Å². The molecule has 2 heterocycles. The van der Waals surface area contributed by atoms with Gasteiger partial charge in [-0.05, 0) is 49.6 Å². The van der Waals surface area contributed by atoms with Crippen molar-refractivity contribution in [3.8, 4) is 29.4 Å². The molecule has 4 atom stereocenters. The SMILES string of the molecule is O=C(Oc1ccccc1)N1c2ccccc2[C@@]23O[C@]24CCC[C@H]3C#C/C=C\C#C[C@H]14. The molecule has 30 heavy (non-hydrogen) atoms. The predicted octanol–water partition coefficient (Wildman–Crippen LogP) is 4.42. The van der Waals surface area contributed by atoms with Crippen LogP contribution < -0.4 is 9.64 Å². The third kappa shape index (κ3) is 2.20. The van der Waals surface area contributed by atoms with E-state index >= 15 is 0 Å². The Morgan fingerprint density at radius 2 is 1.80 bits per heavy atom. The van der Waals surface area contributed by atoms with Crippen LogP contribution in [0.3, 0.4) is 0 Å². The van der Waals surface area contributed by atoms with E-state index in [1.807, 2.05) is 36.4 Å². The number of carbonyl (C=O) groups excluding carboxylic acids is 1. The fourth-order valence-electron chi connectivity index (χ4n) is 5.40. The number of carbonyl (C=O) groups is 1. The molecular weight excluding hydrogens is 374 g/mol. The number of anilines is 1. The Labute approximate surface area is 175 Å². The number of allylic oxidation sites excluding steroid dienone is 2. The standard InChI is InChI=1S/C26H19NO3/c28-24(29-20-13-5-3-6-14-20)27-22-16-9-8-15-21(22)26-19-11-4-1-2-7-17-23(27)25(26,30-26)18-10-12-19/h1-3,5-6,8-9,13-16,19,23H,10,12,18H2/b2-1-/t19-,23+,25+,26-/m1/s1. The third-order valence-corrected chi connectivity index (χ3v) is 6.60. The average Bonchev–Trinajstić information content (AvgIpc) is 3.49. The zero-order valence-corrected chi connectivity index (χ0v) is 16.3. The second-order valence-electron chi connectivity index (χ2n) is 8.05. The summed E-state index contributed by atoms with van der Waals surface area (Å²) in [5.74, 6) is 13.5. The molecule has 0 aromatic heterocycles. The molecule has 1 amide bonds. The summed E-state index contributed by atoms with van der Waals surface area (Å²) in [6, 6.07) is 16.7. The summed E-state index contributed by atoms with van der Waals surface area (Å²) < 4.78 is 12.4. The number of benzene rings is 2. The fraction of sp³-hybridized carbons (Fsp3) is 0.269. The molecule has 0 unspecified atom stereocenters. The van der Waals surface area contributed by atoms with Gasteiger partial charge in [0.25, 0.3) is 0 Å². The summed E-state index contributed by atoms with van der Waals surface area (Å²) in [4.78, 5) is 15.1. The summed E-state index contributed by atoms with van der Waals surface area (Å²) in [7, 11) is 0. The van der Waals surface area contributed by atoms with Gasteiger partial charge in [-0.1, -0.05) is 60.1 Å². The average molecular weight is 393 g/mol. The summed E-state index contributed by atoms with van der Waals surface area (Å²) in [5.41, 5.74) is 0.746. The molecule has 2 fully saturated rings. The molecule has 0 spiro atoms. The van der Waals surface area contributed by atoms with E-state index in [4.69, 9.17) is 9.47 Å². The maximum atomic E-state index is 13.4. The van der Waals surface area contributed by atoms with Gasteiger partial charge in [0.1, 0.15) is 23.0 Å². The minimum absolute atomic E-state index is 0.0757. The highest BCUT2D eigenvalue weighted by molar-refractivity contribution is 5.94. The highest BCUT2D eigenvalue weighted by atomic mass is 16.6. The van der Waals surface area contributed by atoms with E-state index in [0.717, 1.165) is 30.5 Å². The lowest BCUT2D eigenvalue weighted by atomic mass is 9.64. The molecule has 1 saturated carbocycles. The van der Waals surface area contributed by atoms with Gasteiger partial charge >= 0.3 is 6.09 Å². The number of ether oxygens (including phenoxy) is 2. The number of rotatable bonds is 1. The molecule has 2 aromatic rings. The Morgan fingerprint density at radius 3 is 2.67 bits per heavy atom. The van der Waals surface area contributed by atoms with Gasteiger partial charge in [-0.3, -0.25) is 4.90 Å². The molecule has 146 valence electrons. The molecule has 0 N–H and O–H groups in total. The van der Waals surface area contributed by atoms with Gasteiger partial charge in [-0.25, -0.2) is 4.79 Å². The molecule has 4 nitrogen and oxygen atoms in total. The maximum absolute atomic E-state index is 13.4. The molecule has 2 aliphatic carbocycles. The second-order valence-corrected chi connectivity index (χ2v) is 8.05. The van der Waals surface area contributed by atoms with Gasteiger partial charge in [0, 0.05) is 5.56 Å². The van der Waals surface area contributed by atoms with Crippen LogP contribution in [0, 0.1) is 29.6 Å². The number of epoxide rings is 1. The normalized spacial score (nSPS) is 32.7. The van der Waals surface area contributed by atoms with Crippen molar-refractivity contribution in [1.82, 2.24) is 0 Å². The lowest BCUT2D eigenvalue weighted by molar-refractivity contribution is 0.197. The van der Waals surface area contributed by atoms with Crippen molar-refractivity contribution in [2.24, 2.45) is 5.92 Å². The van der Waals surface area contributed by atoms with Crippen molar-refractivity contribution in [3.63, 3.8) is 0 Å². The van der Waals surface area contributed by atoms with Crippen LogP contribution in [0.4, 0.5) is 10.5 Å². The maximum Gasteiger partial charge on any atom is 0.420 e. The Morgan fingerprint density at radius 1 is 1.03 bits per heavy atom. The van der Waals surface area contributed by atoms with Gasteiger partial charge in [0.2, 0.25) is 0 Å². The zero-order chi connectivity index (χ0) is 20.2. The Bertz CT molecular complexity index is 1200. The quantitative estimate of drug-likeness (QED) is 0.532. The predicted molar refractivity (Wildman–Crippen MR) is 113 cm³/mol. The molecule has 2 aliphatic heterocycles. The molecule has 1 saturated heterocycles. The van der Waals surface area contributed by atoms with E-state index in [9.17, 15) is 4.79 Å². The first-order chi connectivity index (χ1) is 14.8. The molecule has 4 aliphatic rings. The Hall–Kier alpha value is -3.47. The van der Waals surface area contributed by atoms with Crippen molar-refractivity contribution in [2.75, 3.05) is 4.90 Å². The lowest BCUT2D eigenvalue weighted by Gasteiger charge is -2.43. The van der Waals surface area contributed by atoms with E-state index in [1.165, 1.54) is 0 Å². The van der Waals surface area contributed by atoms with Gasteiger partial charge < -0.3 is 9.47 Å². The van der Waals surface area contributed by atoms with Gasteiger partial charge in [0.05, 0.1) is 11.6 Å². The van der Waals surface area contributed by atoms with Crippen LogP contribution in [0.25, 0.3) is 0 Å². The van der Waals surface area contributed by atoms with Crippen molar-refractivity contribution < 1.29 is 14.3 Å². The number of fused-ring (bicyclic) bond motifs is 1. The van der Waals surface area contributed by atoms with Gasteiger partial charge in [-0.15, -0.1) is 0 Å². The molecule has 4 heteroatoms. The number of para-hydroxylation sites is 2. The minimum Gasteiger partial charge on any atom is -0.410 e. The van der Waals surface area contributed by atoms with Crippen LogP contribution in [0.5, 0.6) is 5.75 Å². The molecule has 4 bridgehead atoms. The zero-order valence-electron chi connectivity index (χ0n) is 16.3. The van der Waals surface area contributed by atoms with Crippen molar-refractivity contribution in [3.05, 3.63) is 72.3 Å².